The van der Waals surface area contributed by atoms with E-state index in [0.717, 1.165) is 11.4 Å². The topological polar surface area (TPSA) is 61.8 Å². The maximum atomic E-state index is 12.5. The third kappa shape index (κ3) is 4.16. The first-order chi connectivity index (χ1) is 11.0. The number of ether oxygens (including phenoxy) is 1. The van der Waals surface area contributed by atoms with Crippen LogP contribution in [0.4, 0.5) is 4.79 Å². The lowest BCUT2D eigenvalue weighted by Crippen LogP contribution is -2.53. The Kier molecular flexibility index (Phi) is 5.09. The summed E-state index contributed by atoms with van der Waals surface area (Å²) in [7, 11) is 0. The highest BCUT2D eigenvalue weighted by Crippen LogP contribution is 2.41. The SMILES string of the molecule is C[C@H](O)C[C@@H]1COCCN1C(=O)N[C@H]1C[C@H]1c1cccc(Cl)c1. The molecule has 2 aliphatic rings. The van der Waals surface area contributed by atoms with Crippen molar-refractivity contribution in [1.29, 1.82) is 0 Å². The fourth-order valence-electron chi connectivity index (χ4n) is 3.21. The summed E-state index contributed by atoms with van der Waals surface area (Å²) >= 11 is 6.03. The summed E-state index contributed by atoms with van der Waals surface area (Å²) < 4.78 is 5.44. The second kappa shape index (κ2) is 7.07. The third-order valence-corrected chi connectivity index (χ3v) is 4.71. The maximum Gasteiger partial charge on any atom is 0.318 e. The molecule has 2 fully saturated rings. The molecular formula is C17H23ClN2O3. The van der Waals surface area contributed by atoms with Gasteiger partial charge in [-0.15, -0.1) is 0 Å². The number of hydrogen-bond acceptors (Lipinski definition) is 3. The number of aliphatic hydroxyl groups is 1. The number of aliphatic hydroxyl groups excluding tert-OH is 1. The van der Waals surface area contributed by atoms with Crippen LogP contribution in [0.3, 0.4) is 0 Å². The molecule has 0 radical (unpaired) electrons. The molecule has 126 valence electrons. The van der Waals surface area contributed by atoms with Crippen LogP contribution in [0.25, 0.3) is 0 Å². The fraction of sp³-hybridized carbons (Fsp3) is 0.588. The van der Waals surface area contributed by atoms with Gasteiger partial charge >= 0.3 is 6.03 Å². The van der Waals surface area contributed by atoms with Gasteiger partial charge in [0.15, 0.2) is 0 Å². The van der Waals surface area contributed by atoms with E-state index in [4.69, 9.17) is 16.3 Å². The summed E-state index contributed by atoms with van der Waals surface area (Å²) in [5.74, 6) is 0.342. The molecule has 1 aromatic carbocycles. The van der Waals surface area contributed by atoms with Gasteiger partial charge in [-0.25, -0.2) is 4.79 Å². The van der Waals surface area contributed by atoms with Crippen LogP contribution >= 0.6 is 11.6 Å². The Morgan fingerprint density at radius 3 is 3.13 bits per heavy atom. The number of carbonyl (C=O) groups is 1. The molecule has 5 nitrogen and oxygen atoms in total. The van der Waals surface area contributed by atoms with Crippen molar-refractivity contribution < 1.29 is 14.6 Å². The van der Waals surface area contributed by atoms with E-state index in [1.54, 1.807) is 11.8 Å². The van der Waals surface area contributed by atoms with Gasteiger partial charge in [0.2, 0.25) is 0 Å². The minimum absolute atomic E-state index is 0.0616. The van der Waals surface area contributed by atoms with Crippen molar-refractivity contribution in [2.24, 2.45) is 0 Å². The van der Waals surface area contributed by atoms with E-state index in [1.807, 2.05) is 24.3 Å². The fourth-order valence-corrected chi connectivity index (χ4v) is 3.41. The predicted octanol–water partition coefficient (Wildman–Crippen LogP) is 2.38. The molecule has 0 unspecified atom stereocenters. The van der Waals surface area contributed by atoms with Crippen LogP contribution in [0.1, 0.15) is 31.2 Å². The van der Waals surface area contributed by atoms with E-state index in [0.29, 0.717) is 32.1 Å². The van der Waals surface area contributed by atoms with Crippen molar-refractivity contribution in [1.82, 2.24) is 10.2 Å². The lowest BCUT2D eigenvalue weighted by atomic mass is 10.1. The number of benzene rings is 1. The van der Waals surface area contributed by atoms with Gasteiger partial charge in [-0.3, -0.25) is 0 Å². The highest BCUT2D eigenvalue weighted by atomic mass is 35.5. The first-order valence-corrected chi connectivity index (χ1v) is 8.51. The zero-order chi connectivity index (χ0) is 16.4. The maximum absolute atomic E-state index is 12.5. The molecule has 2 amide bonds. The van der Waals surface area contributed by atoms with Gasteiger partial charge in [-0.1, -0.05) is 23.7 Å². The number of rotatable bonds is 4. The number of urea groups is 1. The number of amides is 2. The van der Waals surface area contributed by atoms with Crippen molar-refractivity contribution in [3.05, 3.63) is 34.9 Å². The van der Waals surface area contributed by atoms with Crippen LogP contribution in [-0.2, 0) is 4.74 Å². The lowest BCUT2D eigenvalue weighted by molar-refractivity contribution is -0.00439. The molecule has 3 rings (SSSR count). The first kappa shape index (κ1) is 16.6. The molecule has 0 spiro atoms. The second-order valence-corrected chi connectivity index (χ2v) is 6.90. The largest absolute Gasteiger partial charge is 0.393 e. The van der Waals surface area contributed by atoms with Crippen LogP contribution in [0.5, 0.6) is 0 Å². The number of halogens is 1. The summed E-state index contributed by atoms with van der Waals surface area (Å²) in [5, 5.41) is 13.4. The van der Waals surface area contributed by atoms with Gasteiger partial charge in [0.1, 0.15) is 0 Å². The minimum atomic E-state index is -0.447. The summed E-state index contributed by atoms with van der Waals surface area (Å²) in [5.41, 5.74) is 1.17. The van der Waals surface area contributed by atoms with E-state index in [2.05, 4.69) is 5.32 Å². The Labute approximate surface area is 141 Å². The molecule has 1 heterocycles. The highest BCUT2D eigenvalue weighted by molar-refractivity contribution is 6.30. The molecule has 2 N–H and O–H groups in total. The van der Waals surface area contributed by atoms with Gasteiger partial charge in [0.25, 0.3) is 0 Å². The Bertz CT molecular complexity index is 567. The van der Waals surface area contributed by atoms with E-state index < -0.39 is 6.10 Å². The Balaban J connectivity index is 1.57. The monoisotopic (exact) mass is 338 g/mol. The summed E-state index contributed by atoms with van der Waals surface area (Å²) in [4.78, 5) is 14.3. The van der Waals surface area contributed by atoms with Gasteiger partial charge in [-0.05, 0) is 37.5 Å². The van der Waals surface area contributed by atoms with Gasteiger partial charge in [0, 0.05) is 23.5 Å². The smallest absolute Gasteiger partial charge is 0.318 e. The molecular weight excluding hydrogens is 316 g/mol. The van der Waals surface area contributed by atoms with Crippen molar-refractivity contribution in [3.8, 4) is 0 Å². The normalized spacial score (nSPS) is 28.3. The number of hydrogen-bond donors (Lipinski definition) is 2. The van der Waals surface area contributed by atoms with E-state index >= 15 is 0 Å². The first-order valence-electron chi connectivity index (χ1n) is 8.13. The van der Waals surface area contributed by atoms with Gasteiger partial charge in [-0.2, -0.15) is 0 Å². The highest BCUT2D eigenvalue weighted by Gasteiger charge is 2.41. The quantitative estimate of drug-likeness (QED) is 0.886. The van der Waals surface area contributed by atoms with Crippen LogP contribution < -0.4 is 5.32 Å². The van der Waals surface area contributed by atoms with Crippen LogP contribution in [0.15, 0.2) is 24.3 Å². The number of nitrogens with one attached hydrogen (secondary N) is 1. The third-order valence-electron chi connectivity index (χ3n) is 4.48. The molecule has 1 aliphatic carbocycles. The molecule has 0 aromatic heterocycles. The van der Waals surface area contributed by atoms with Gasteiger partial charge < -0.3 is 20.1 Å². The molecule has 1 aliphatic heterocycles. The Morgan fingerprint density at radius 1 is 1.57 bits per heavy atom. The molecule has 6 heteroatoms. The van der Waals surface area contributed by atoms with E-state index in [1.165, 1.54) is 5.56 Å². The average Bonchev–Trinajstić information content (AvgIpc) is 3.26. The van der Waals surface area contributed by atoms with Gasteiger partial charge in [0.05, 0.1) is 25.4 Å². The molecule has 1 saturated heterocycles. The summed E-state index contributed by atoms with van der Waals surface area (Å²) in [6.07, 6.45) is 1.03. The van der Waals surface area contributed by atoms with Crippen LogP contribution in [-0.4, -0.2) is 54.0 Å². The summed E-state index contributed by atoms with van der Waals surface area (Å²) in [6.45, 7) is 3.34. The molecule has 1 aromatic rings. The van der Waals surface area contributed by atoms with E-state index in [-0.39, 0.29) is 18.1 Å². The van der Waals surface area contributed by atoms with Crippen LogP contribution in [0, 0.1) is 0 Å². The molecule has 0 bridgehead atoms. The molecule has 23 heavy (non-hydrogen) atoms. The average molecular weight is 339 g/mol. The molecule has 1 saturated carbocycles. The Morgan fingerprint density at radius 2 is 2.39 bits per heavy atom. The van der Waals surface area contributed by atoms with Crippen molar-refractivity contribution in [2.75, 3.05) is 19.8 Å². The zero-order valence-electron chi connectivity index (χ0n) is 13.2. The number of carbonyl (C=O) groups excluding carboxylic acids is 1. The van der Waals surface area contributed by atoms with Crippen molar-refractivity contribution >= 4 is 17.6 Å². The summed E-state index contributed by atoms with van der Waals surface area (Å²) in [6, 6.07) is 7.85. The standard InChI is InChI=1S/C17H23ClN2O3/c1-11(21)7-14-10-23-6-5-20(14)17(22)19-16-9-15(16)12-3-2-4-13(18)8-12/h2-4,8,11,14-16,21H,5-7,9-10H2,1H3,(H,19,22)/t11-,14+,15-,16-/m0/s1. The Hall–Kier alpha value is -1.30. The number of morpholine rings is 1. The minimum Gasteiger partial charge on any atom is -0.393 e. The number of nitrogens with zero attached hydrogens (tertiary/aromatic N) is 1. The van der Waals surface area contributed by atoms with Crippen LogP contribution in [0.2, 0.25) is 5.02 Å². The van der Waals surface area contributed by atoms with E-state index in [9.17, 15) is 9.90 Å². The lowest BCUT2D eigenvalue weighted by Gasteiger charge is -2.36. The van der Waals surface area contributed by atoms with Crippen molar-refractivity contribution in [3.63, 3.8) is 0 Å². The second-order valence-electron chi connectivity index (χ2n) is 6.46. The van der Waals surface area contributed by atoms with Crippen molar-refractivity contribution in [2.45, 2.75) is 43.9 Å². The zero-order valence-corrected chi connectivity index (χ0v) is 14.0. The molecule has 4 atom stereocenters. The predicted molar refractivity (Wildman–Crippen MR) is 88.7 cm³/mol.